The highest BCUT2D eigenvalue weighted by molar-refractivity contribution is 4.94. The molecule has 0 N–H and O–H groups in total. The van der Waals surface area contributed by atoms with Gasteiger partial charge in [-0.25, -0.2) is 0 Å². The van der Waals surface area contributed by atoms with Crippen LogP contribution in [-0.2, 0) is 0 Å². The van der Waals surface area contributed by atoms with Gasteiger partial charge in [-0.15, -0.1) is 0 Å². The molecule has 3 saturated carbocycles. The summed E-state index contributed by atoms with van der Waals surface area (Å²) in [5.74, 6) is 5.70. The van der Waals surface area contributed by atoms with Crippen LogP contribution in [0.4, 0.5) is 0 Å². The monoisotopic (exact) mass is 360 g/mol. The molecular formula is C26H48. The predicted molar refractivity (Wildman–Crippen MR) is 115 cm³/mol. The Hall–Kier alpha value is 0. The third kappa shape index (κ3) is 6.00. The van der Waals surface area contributed by atoms with Crippen LogP contribution in [0.15, 0.2) is 0 Å². The molecule has 0 heterocycles. The number of fused-ring (bicyclic) bond motifs is 3. The van der Waals surface area contributed by atoms with Crippen LogP contribution < -0.4 is 0 Å². The van der Waals surface area contributed by atoms with Crippen molar-refractivity contribution in [1.29, 1.82) is 0 Å². The first-order valence-corrected chi connectivity index (χ1v) is 12.9. The second-order valence-corrected chi connectivity index (χ2v) is 10.3. The molecule has 0 bridgehead atoms. The summed E-state index contributed by atoms with van der Waals surface area (Å²) in [6.45, 7) is 2.31. The highest BCUT2D eigenvalue weighted by atomic mass is 14.5. The first-order valence-electron chi connectivity index (χ1n) is 12.9. The predicted octanol–water partition coefficient (Wildman–Crippen LogP) is 8.93. The van der Waals surface area contributed by atoms with Gasteiger partial charge in [-0.05, 0) is 55.3 Å². The minimum Gasteiger partial charge on any atom is -0.0654 e. The Morgan fingerprint density at radius 2 is 1.15 bits per heavy atom. The van der Waals surface area contributed by atoms with Crippen molar-refractivity contribution in [2.75, 3.05) is 0 Å². The van der Waals surface area contributed by atoms with Crippen molar-refractivity contribution in [3.05, 3.63) is 0 Å². The van der Waals surface area contributed by atoms with Crippen LogP contribution in [0.1, 0.15) is 135 Å². The maximum Gasteiger partial charge on any atom is -0.0352 e. The fraction of sp³-hybridized carbons (Fsp3) is 1.00. The van der Waals surface area contributed by atoms with Gasteiger partial charge in [-0.2, -0.15) is 0 Å². The summed E-state index contributed by atoms with van der Waals surface area (Å²) < 4.78 is 0. The first kappa shape index (κ1) is 20.7. The maximum absolute atomic E-state index is 2.31. The van der Waals surface area contributed by atoms with Gasteiger partial charge < -0.3 is 0 Å². The molecule has 0 nitrogen and oxygen atoms in total. The molecule has 0 radical (unpaired) electrons. The van der Waals surface area contributed by atoms with Crippen molar-refractivity contribution in [1.82, 2.24) is 0 Å². The Morgan fingerprint density at radius 3 is 1.92 bits per heavy atom. The van der Waals surface area contributed by atoms with E-state index in [0.29, 0.717) is 0 Å². The molecule has 0 aromatic carbocycles. The average molecular weight is 361 g/mol. The molecular weight excluding hydrogens is 312 g/mol. The van der Waals surface area contributed by atoms with E-state index in [1.54, 1.807) is 64.2 Å². The molecule has 3 fully saturated rings. The van der Waals surface area contributed by atoms with Crippen LogP contribution in [0.5, 0.6) is 0 Å². The lowest BCUT2D eigenvalue weighted by atomic mass is 9.55. The molecule has 152 valence electrons. The van der Waals surface area contributed by atoms with Gasteiger partial charge in [0.05, 0.1) is 0 Å². The summed E-state index contributed by atoms with van der Waals surface area (Å²) in [5, 5.41) is 0. The molecule has 0 aromatic heterocycles. The quantitative estimate of drug-likeness (QED) is 0.322. The van der Waals surface area contributed by atoms with Crippen LogP contribution in [0.3, 0.4) is 0 Å². The third-order valence-electron chi connectivity index (χ3n) is 8.58. The molecule has 3 aliphatic carbocycles. The smallest absolute Gasteiger partial charge is 0.0352 e. The molecule has 3 aliphatic rings. The third-order valence-corrected chi connectivity index (χ3v) is 8.58. The lowest BCUT2D eigenvalue weighted by molar-refractivity contribution is -0.00637. The number of unbranched alkanes of at least 4 members (excludes halogenated alkanes) is 9. The van der Waals surface area contributed by atoms with Gasteiger partial charge in [0.25, 0.3) is 0 Å². The molecule has 0 saturated heterocycles. The first-order chi connectivity index (χ1) is 12.9. The molecule has 0 aliphatic heterocycles. The Morgan fingerprint density at radius 1 is 0.500 bits per heavy atom. The standard InChI is InChI=1S/C26H48/c1-2-3-4-5-6-7-8-9-10-11-15-22-17-14-19-26-24-18-13-12-16-23(24)20-21-25(22)26/h22-26H,2-21H2,1H3. The fourth-order valence-electron chi connectivity index (χ4n) is 7.19. The van der Waals surface area contributed by atoms with Crippen molar-refractivity contribution < 1.29 is 0 Å². The van der Waals surface area contributed by atoms with E-state index < -0.39 is 0 Å². The van der Waals surface area contributed by atoms with E-state index in [0.717, 1.165) is 29.6 Å². The summed E-state index contributed by atoms with van der Waals surface area (Å²) >= 11 is 0. The van der Waals surface area contributed by atoms with Gasteiger partial charge in [0.2, 0.25) is 0 Å². The second-order valence-electron chi connectivity index (χ2n) is 10.3. The van der Waals surface area contributed by atoms with Crippen LogP contribution in [-0.4, -0.2) is 0 Å². The average Bonchev–Trinajstić information content (AvgIpc) is 2.69. The normalized spacial score (nSPS) is 34.3. The van der Waals surface area contributed by atoms with E-state index in [9.17, 15) is 0 Å². The summed E-state index contributed by atoms with van der Waals surface area (Å²) in [7, 11) is 0. The van der Waals surface area contributed by atoms with Gasteiger partial charge in [0.15, 0.2) is 0 Å². The van der Waals surface area contributed by atoms with E-state index in [1.807, 2.05) is 0 Å². The van der Waals surface area contributed by atoms with E-state index in [4.69, 9.17) is 0 Å². The molecule has 5 unspecified atom stereocenters. The highest BCUT2D eigenvalue weighted by Crippen LogP contribution is 2.53. The zero-order valence-electron chi connectivity index (χ0n) is 18.0. The topological polar surface area (TPSA) is 0 Å². The molecule has 0 amide bonds. The lowest BCUT2D eigenvalue weighted by Crippen LogP contribution is -2.41. The van der Waals surface area contributed by atoms with Crippen molar-refractivity contribution in [3.63, 3.8) is 0 Å². The zero-order chi connectivity index (χ0) is 18.0. The van der Waals surface area contributed by atoms with Gasteiger partial charge in [-0.1, -0.05) is 110 Å². The largest absolute Gasteiger partial charge is 0.0654 e. The van der Waals surface area contributed by atoms with Gasteiger partial charge in [-0.3, -0.25) is 0 Å². The molecule has 0 spiro atoms. The minimum atomic E-state index is 1.12. The second kappa shape index (κ2) is 11.8. The number of hydrogen-bond donors (Lipinski definition) is 0. The van der Waals surface area contributed by atoms with Gasteiger partial charge in [0.1, 0.15) is 0 Å². The highest BCUT2D eigenvalue weighted by Gasteiger charge is 2.44. The van der Waals surface area contributed by atoms with E-state index in [-0.39, 0.29) is 0 Å². The molecule has 0 heteroatoms. The van der Waals surface area contributed by atoms with Crippen molar-refractivity contribution in [2.24, 2.45) is 29.6 Å². The minimum absolute atomic E-state index is 1.12. The Balaban J connectivity index is 1.28. The van der Waals surface area contributed by atoms with Crippen LogP contribution in [0.2, 0.25) is 0 Å². The lowest BCUT2D eigenvalue weighted by Gasteiger charge is -2.51. The van der Waals surface area contributed by atoms with E-state index in [1.165, 1.54) is 64.2 Å². The Bertz CT molecular complexity index is 359. The van der Waals surface area contributed by atoms with E-state index in [2.05, 4.69) is 6.92 Å². The van der Waals surface area contributed by atoms with Gasteiger partial charge in [0, 0.05) is 0 Å². The van der Waals surface area contributed by atoms with E-state index >= 15 is 0 Å². The van der Waals surface area contributed by atoms with Crippen molar-refractivity contribution >= 4 is 0 Å². The van der Waals surface area contributed by atoms with Crippen LogP contribution >= 0.6 is 0 Å². The van der Waals surface area contributed by atoms with Crippen molar-refractivity contribution in [2.45, 2.75) is 135 Å². The van der Waals surface area contributed by atoms with Gasteiger partial charge >= 0.3 is 0 Å². The summed E-state index contributed by atoms with van der Waals surface area (Å²) in [5.41, 5.74) is 0. The van der Waals surface area contributed by atoms with Crippen LogP contribution in [0.25, 0.3) is 0 Å². The SMILES string of the molecule is CCCCCCCCCCCCC1CCCC2C3CCCCC3CCC12. The number of hydrogen-bond acceptors (Lipinski definition) is 0. The zero-order valence-corrected chi connectivity index (χ0v) is 18.0. The van der Waals surface area contributed by atoms with Crippen molar-refractivity contribution in [3.8, 4) is 0 Å². The molecule has 3 rings (SSSR count). The Kier molecular flexibility index (Phi) is 9.37. The summed E-state index contributed by atoms with van der Waals surface area (Å²) in [6.07, 6.45) is 30.7. The molecule has 5 atom stereocenters. The van der Waals surface area contributed by atoms with Crippen LogP contribution in [0, 0.1) is 29.6 Å². The fourth-order valence-corrected chi connectivity index (χ4v) is 7.19. The Labute approximate surface area is 165 Å². The maximum atomic E-state index is 2.31. The number of rotatable bonds is 11. The summed E-state index contributed by atoms with van der Waals surface area (Å²) in [4.78, 5) is 0. The molecule has 26 heavy (non-hydrogen) atoms. The molecule has 0 aromatic rings. The summed E-state index contributed by atoms with van der Waals surface area (Å²) in [6, 6.07) is 0.